The number of pyridine rings is 1. The summed E-state index contributed by atoms with van der Waals surface area (Å²) in [5.74, 6) is 2.63. The van der Waals surface area contributed by atoms with Gasteiger partial charge in [-0.3, -0.25) is 0 Å². The van der Waals surface area contributed by atoms with Gasteiger partial charge in [-0.15, -0.1) is 0 Å². The maximum absolute atomic E-state index is 6.12. The second kappa shape index (κ2) is 6.17. The Morgan fingerprint density at radius 3 is 2.42 bits per heavy atom. The second-order valence-corrected chi connectivity index (χ2v) is 6.94. The minimum absolute atomic E-state index is 0.578. The third kappa shape index (κ3) is 2.49. The van der Waals surface area contributed by atoms with Crippen molar-refractivity contribution in [3.8, 4) is 11.6 Å². The summed E-state index contributed by atoms with van der Waals surface area (Å²) < 4.78 is 10.9. The molecular formula is C19H21ClN2O2. The maximum Gasteiger partial charge on any atom is 0.216 e. The van der Waals surface area contributed by atoms with Crippen molar-refractivity contribution in [2.24, 2.45) is 0 Å². The molecule has 1 aromatic carbocycles. The highest BCUT2D eigenvalue weighted by Gasteiger charge is 2.37. The molecule has 0 atom stereocenters. The minimum atomic E-state index is 0.578. The van der Waals surface area contributed by atoms with Crippen LogP contribution >= 0.6 is 11.6 Å². The van der Waals surface area contributed by atoms with Crippen molar-refractivity contribution < 1.29 is 9.47 Å². The lowest BCUT2D eigenvalue weighted by atomic mass is 9.67. The van der Waals surface area contributed by atoms with Crippen LogP contribution in [0.1, 0.15) is 48.6 Å². The van der Waals surface area contributed by atoms with Crippen LogP contribution in [0.4, 0.5) is 11.4 Å². The normalized spacial score (nSPS) is 21.3. The quantitative estimate of drug-likeness (QED) is 0.822. The van der Waals surface area contributed by atoms with Gasteiger partial charge in [-0.1, -0.05) is 11.6 Å². The first-order valence-electron chi connectivity index (χ1n) is 8.38. The van der Waals surface area contributed by atoms with E-state index in [1.807, 2.05) is 24.4 Å². The molecule has 5 rings (SSSR count). The van der Waals surface area contributed by atoms with Crippen molar-refractivity contribution >= 4 is 23.0 Å². The average Bonchev–Trinajstić information content (AvgIpc) is 2.64. The van der Waals surface area contributed by atoms with Gasteiger partial charge in [0.05, 0.1) is 31.1 Å². The summed E-state index contributed by atoms with van der Waals surface area (Å²) in [4.78, 5) is 4.54. The number of hydrogen-bond acceptors (Lipinski definition) is 4. The Bertz CT molecular complexity index is 770. The first-order chi connectivity index (χ1) is 11.7. The molecule has 1 fully saturated rings. The molecule has 0 saturated heterocycles. The lowest BCUT2D eigenvalue weighted by Crippen LogP contribution is -2.24. The number of nitrogens with one attached hydrogen (secondary N) is 1. The van der Waals surface area contributed by atoms with Gasteiger partial charge in [0.1, 0.15) is 5.75 Å². The van der Waals surface area contributed by atoms with Crippen LogP contribution in [0.3, 0.4) is 0 Å². The van der Waals surface area contributed by atoms with Crippen LogP contribution in [0.25, 0.3) is 0 Å². The van der Waals surface area contributed by atoms with Crippen LogP contribution in [0.15, 0.2) is 24.4 Å². The molecule has 2 bridgehead atoms. The highest BCUT2D eigenvalue weighted by atomic mass is 35.5. The fourth-order valence-corrected chi connectivity index (χ4v) is 4.38. The van der Waals surface area contributed by atoms with Gasteiger partial charge in [-0.05, 0) is 55.2 Å². The Labute approximate surface area is 147 Å². The van der Waals surface area contributed by atoms with E-state index in [4.69, 9.17) is 21.1 Å². The van der Waals surface area contributed by atoms with E-state index in [9.17, 15) is 0 Å². The van der Waals surface area contributed by atoms with Gasteiger partial charge in [-0.2, -0.15) is 0 Å². The summed E-state index contributed by atoms with van der Waals surface area (Å²) in [6.07, 6.45) is 6.88. The largest absolute Gasteiger partial charge is 0.495 e. The molecule has 24 heavy (non-hydrogen) atoms. The molecule has 1 heterocycles. The van der Waals surface area contributed by atoms with E-state index in [1.165, 1.54) is 36.8 Å². The Hall–Kier alpha value is -1.94. The van der Waals surface area contributed by atoms with E-state index in [-0.39, 0.29) is 0 Å². The fourth-order valence-electron chi connectivity index (χ4n) is 4.18. The van der Waals surface area contributed by atoms with E-state index in [2.05, 4.69) is 10.3 Å². The van der Waals surface area contributed by atoms with Crippen LogP contribution in [-0.2, 0) is 0 Å². The van der Waals surface area contributed by atoms with Crippen LogP contribution in [0.5, 0.6) is 11.6 Å². The van der Waals surface area contributed by atoms with E-state index < -0.39 is 0 Å². The van der Waals surface area contributed by atoms with Crippen molar-refractivity contribution in [2.45, 2.75) is 37.5 Å². The second-order valence-electron chi connectivity index (χ2n) is 6.53. The summed E-state index contributed by atoms with van der Waals surface area (Å²) in [7, 11) is 3.34. The van der Waals surface area contributed by atoms with Crippen LogP contribution in [-0.4, -0.2) is 19.2 Å². The lowest BCUT2D eigenvalue weighted by molar-refractivity contribution is 0.329. The highest BCUT2D eigenvalue weighted by molar-refractivity contribution is 6.32. The molecule has 3 aliphatic rings. The van der Waals surface area contributed by atoms with Gasteiger partial charge in [0, 0.05) is 17.3 Å². The zero-order chi connectivity index (χ0) is 16.7. The van der Waals surface area contributed by atoms with E-state index in [0.717, 1.165) is 17.3 Å². The molecule has 126 valence electrons. The number of benzene rings is 1. The maximum atomic E-state index is 6.12. The minimum Gasteiger partial charge on any atom is -0.495 e. The van der Waals surface area contributed by atoms with Crippen LogP contribution in [0, 0.1) is 0 Å². The van der Waals surface area contributed by atoms with Gasteiger partial charge in [0.2, 0.25) is 5.88 Å². The molecule has 1 saturated carbocycles. The summed E-state index contributed by atoms with van der Waals surface area (Å²) in [6, 6.07) is 5.72. The fraction of sp³-hybridized carbons (Fsp3) is 0.421. The van der Waals surface area contributed by atoms with Gasteiger partial charge in [0.15, 0.2) is 0 Å². The van der Waals surface area contributed by atoms with Gasteiger partial charge >= 0.3 is 0 Å². The first kappa shape index (κ1) is 15.6. The number of rotatable bonds is 4. The van der Waals surface area contributed by atoms with Crippen molar-refractivity contribution in [1.82, 2.24) is 4.98 Å². The predicted octanol–water partition coefficient (Wildman–Crippen LogP) is 5.25. The zero-order valence-electron chi connectivity index (χ0n) is 13.9. The number of methoxy groups -OCH3 is 2. The summed E-state index contributed by atoms with van der Waals surface area (Å²) in [6.45, 7) is 0. The number of halogens is 1. The number of fused-ring (bicyclic) bond motifs is 2. The van der Waals surface area contributed by atoms with Crippen molar-refractivity contribution in [1.29, 1.82) is 0 Å². The van der Waals surface area contributed by atoms with E-state index in [0.29, 0.717) is 22.6 Å². The third-order valence-corrected chi connectivity index (χ3v) is 5.60. The monoisotopic (exact) mass is 344 g/mol. The molecule has 3 aliphatic carbocycles. The Balaban J connectivity index is 1.76. The molecular weight excluding hydrogens is 324 g/mol. The molecule has 1 N–H and O–H groups in total. The molecule has 0 aliphatic heterocycles. The van der Waals surface area contributed by atoms with Gasteiger partial charge in [-0.25, -0.2) is 4.98 Å². The SMILES string of the molecule is COc1cc(Nc2cnc(OC)c3c2C2CCC3CC2)ccc1Cl. The molecule has 0 amide bonds. The van der Waals surface area contributed by atoms with Gasteiger partial charge in [0.25, 0.3) is 0 Å². The van der Waals surface area contributed by atoms with E-state index >= 15 is 0 Å². The Kier molecular flexibility index (Phi) is 4.01. The Morgan fingerprint density at radius 2 is 1.75 bits per heavy atom. The number of aromatic nitrogens is 1. The van der Waals surface area contributed by atoms with Crippen LogP contribution in [0.2, 0.25) is 5.02 Å². The average molecular weight is 345 g/mol. The number of ether oxygens (including phenoxy) is 2. The van der Waals surface area contributed by atoms with Gasteiger partial charge < -0.3 is 14.8 Å². The topological polar surface area (TPSA) is 43.4 Å². The van der Waals surface area contributed by atoms with Crippen LogP contribution < -0.4 is 14.8 Å². The van der Waals surface area contributed by atoms with E-state index in [1.54, 1.807) is 14.2 Å². The highest BCUT2D eigenvalue weighted by Crippen LogP contribution is 2.54. The number of nitrogens with zero attached hydrogens (tertiary/aromatic N) is 1. The molecule has 5 heteroatoms. The molecule has 4 nitrogen and oxygen atoms in total. The number of anilines is 2. The molecule has 2 aromatic rings. The molecule has 0 spiro atoms. The third-order valence-electron chi connectivity index (χ3n) is 5.29. The predicted molar refractivity (Wildman–Crippen MR) is 96.0 cm³/mol. The van der Waals surface area contributed by atoms with Crippen molar-refractivity contribution in [2.75, 3.05) is 19.5 Å². The van der Waals surface area contributed by atoms with Crippen molar-refractivity contribution in [3.05, 3.63) is 40.5 Å². The Morgan fingerprint density at radius 1 is 1.04 bits per heavy atom. The molecule has 1 aromatic heterocycles. The summed E-state index contributed by atoms with van der Waals surface area (Å²) in [5.41, 5.74) is 4.72. The van der Waals surface area contributed by atoms with Crippen molar-refractivity contribution in [3.63, 3.8) is 0 Å². The summed E-state index contributed by atoms with van der Waals surface area (Å²) >= 11 is 6.12. The number of hydrogen-bond donors (Lipinski definition) is 1. The molecule has 0 unspecified atom stereocenters. The standard InChI is InChI=1S/C19H21ClN2O2/c1-23-16-9-13(7-8-14(16)20)22-15-10-21-19(24-2)18-12-5-3-11(4-6-12)17(15)18/h7-12,22H,3-6H2,1-2H3. The first-order valence-corrected chi connectivity index (χ1v) is 8.76. The molecule has 0 radical (unpaired) electrons. The lowest BCUT2D eigenvalue weighted by Gasteiger charge is -2.39. The zero-order valence-corrected chi connectivity index (χ0v) is 14.7. The summed E-state index contributed by atoms with van der Waals surface area (Å²) in [5, 5.41) is 4.12. The smallest absolute Gasteiger partial charge is 0.216 e.